The molecule has 7 rings (SSSR count). The number of allylic oxidation sites excluding steroid dienone is 3. The summed E-state index contributed by atoms with van der Waals surface area (Å²) in [6.45, 7) is 13.0. The van der Waals surface area contributed by atoms with Gasteiger partial charge >= 0.3 is 5.97 Å². The summed E-state index contributed by atoms with van der Waals surface area (Å²) in [5, 5.41) is 74.0. The summed E-state index contributed by atoms with van der Waals surface area (Å²) in [6.07, 6.45) is -1.36. The minimum absolute atomic E-state index is 0.0295. The second-order valence-electron chi connectivity index (χ2n) is 18.2. The van der Waals surface area contributed by atoms with Gasteiger partial charge in [0.15, 0.2) is 12.6 Å². The number of aliphatic hydroxyl groups is 6. The molecule has 0 unspecified atom stereocenters. The molecule has 7 N–H and O–H groups in total. The van der Waals surface area contributed by atoms with Gasteiger partial charge in [0.2, 0.25) is 0 Å². The van der Waals surface area contributed by atoms with Crippen molar-refractivity contribution in [3.8, 4) is 0 Å². The van der Waals surface area contributed by atoms with Gasteiger partial charge in [0.25, 0.3) is 0 Å². The molecule has 0 aromatic heterocycles. The predicted octanol–water partition coefficient (Wildman–Crippen LogP) is 2.66. The molecule has 7 aliphatic rings. The first-order valence-corrected chi connectivity index (χ1v) is 19.1. The zero-order valence-electron chi connectivity index (χ0n) is 30.6. The van der Waals surface area contributed by atoms with Gasteiger partial charge in [-0.25, -0.2) is 0 Å². The Labute approximate surface area is 300 Å². The molecule has 51 heavy (non-hydrogen) atoms. The highest BCUT2D eigenvalue weighted by Gasteiger charge is 2.69. The maximum absolute atomic E-state index is 12.9. The maximum Gasteiger partial charge on any atom is 0.310 e. The van der Waals surface area contributed by atoms with Crippen molar-refractivity contribution in [1.29, 1.82) is 0 Å². The van der Waals surface area contributed by atoms with E-state index in [2.05, 4.69) is 40.3 Å². The molecule has 0 aromatic rings. The molecule has 12 nitrogen and oxygen atoms in total. The SMILES string of the molecule is C=C1CC[C@]2(C(=O)O)CC[C@]3(C)C(=CC[C@@H]4[C@@]5(C)CC[C@H](O[C@@H]6OC[C@H](O)[C@H](O)[C@H]6O[C@@H]6OC[C@@H](O)[C@H](O)[C@H]6O)[C@@](C)(CO)[C@@H]5CC[C@]43C)[C@@H]2C1. The first-order chi connectivity index (χ1) is 24.0. The van der Waals surface area contributed by atoms with Crippen LogP contribution >= 0.6 is 0 Å². The third kappa shape index (κ3) is 5.48. The highest BCUT2D eigenvalue weighted by Crippen LogP contribution is 2.75. The number of carboxylic acid groups (broad SMARTS) is 1. The first kappa shape index (κ1) is 37.8. The second kappa shape index (κ2) is 13.1. The van der Waals surface area contributed by atoms with E-state index in [0.717, 1.165) is 50.5 Å². The number of hydrogen-bond donors (Lipinski definition) is 7. The summed E-state index contributed by atoms with van der Waals surface area (Å²) in [5.74, 6) is -0.309. The van der Waals surface area contributed by atoms with E-state index in [4.69, 9.17) is 18.9 Å². The van der Waals surface area contributed by atoms with Crippen molar-refractivity contribution in [2.75, 3.05) is 19.8 Å². The molecule has 5 aliphatic carbocycles. The molecular formula is C39H60O12. The van der Waals surface area contributed by atoms with Crippen LogP contribution in [0.3, 0.4) is 0 Å². The van der Waals surface area contributed by atoms with Crippen LogP contribution in [0.4, 0.5) is 0 Å². The van der Waals surface area contributed by atoms with E-state index in [-0.39, 0.29) is 47.9 Å². The number of carbonyl (C=O) groups is 1. The fourth-order valence-corrected chi connectivity index (χ4v) is 12.7. The molecule has 2 heterocycles. The Morgan fingerprint density at radius 3 is 2.24 bits per heavy atom. The number of ether oxygens (including phenoxy) is 4. The molecule has 0 spiro atoms. The number of hydrogen-bond acceptors (Lipinski definition) is 11. The number of fused-ring (bicyclic) bond motifs is 7. The van der Waals surface area contributed by atoms with Crippen molar-refractivity contribution >= 4 is 5.97 Å². The summed E-state index contributed by atoms with van der Waals surface area (Å²) in [4.78, 5) is 12.9. The summed E-state index contributed by atoms with van der Waals surface area (Å²) >= 11 is 0. The molecule has 12 heteroatoms. The van der Waals surface area contributed by atoms with Gasteiger partial charge in [0.1, 0.15) is 36.6 Å². The maximum atomic E-state index is 12.9. The van der Waals surface area contributed by atoms with Gasteiger partial charge in [-0.05, 0) is 92.3 Å². The Morgan fingerprint density at radius 1 is 0.863 bits per heavy atom. The van der Waals surface area contributed by atoms with Gasteiger partial charge < -0.3 is 54.7 Å². The normalized spacial score (nSPS) is 54.3. The van der Waals surface area contributed by atoms with Crippen LogP contribution in [0.2, 0.25) is 0 Å². The van der Waals surface area contributed by atoms with Crippen molar-refractivity contribution in [2.24, 2.45) is 44.8 Å². The summed E-state index contributed by atoms with van der Waals surface area (Å²) < 4.78 is 23.9. The van der Waals surface area contributed by atoms with Crippen LogP contribution < -0.4 is 0 Å². The number of rotatable bonds is 6. The zero-order valence-corrected chi connectivity index (χ0v) is 30.6. The molecule has 0 aromatic carbocycles. The zero-order chi connectivity index (χ0) is 36.9. The van der Waals surface area contributed by atoms with E-state index >= 15 is 0 Å². The highest BCUT2D eigenvalue weighted by atomic mass is 16.7. The van der Waals surface area contributed by atoms with Gasteiger partial charge in [0, 0.05) is 11.3 Å². The van der Waals surface area contributed by atoms with Crippen LogP contribution in [-0.2, 0) is 23.7 Å². The minimum atomic E-state index is -1.61. The van der Waals surface area contributed by atoms with E-state index in [0.29, 0.717) is 25.2 Å². The van der Waals surface area contributed by atoms with E-state index in [1.165, 1.54) is 5.57 Å². The Hall–Kier alpha value is -1.45. The molecular weight excluding hydrogens is 660 g/mol. The summed E-state index contributed by atoms with van der Waals surface area (Å²) in [7, 11) is 0. The molecule has 2 aliphatic heterocycles. The fraction of sp³-hybridized carbons (Fsp3) is 0.872. The van der Waals surface area contributed by atoms with Gasteiger partial charge in [-0.15, -0.1) is 0 Å². The van der Waals surface area contributed by atoms with Crippen LogP contribution in [0.15, 0.2) is 23.8 Å². The standard InChI is InChI=1S/C39H60O12/c1-20-8-13-39(34(46)47)15-14-37(4)21(22(39)16-20)6-7-26-35(2)11-10-27(36(3,19-40)25(35)9-12-38(26,37)5)50-33-31(29(44)24(42)18-49-33)51-32-30(45)28(43)23(41)17-48-32/h6,22-33,40-45H,1,7-19H2,2-5H3,(H,46,47)/t22-,23+,24-,25+,26+,27-,28-,29-,30+,31+,32-,33-,35-,36-,37+,38+,39-/m0/s1. The third-order valence-electron chi connectivity index (χ3n) is 16.0. The predicted molar refractivity (Wildman–Crippen MR) is 183 cm³/mol. The number of carboxylic acids is 1. The Morgan fingerprint density at radius 2 is 1.55 bits per heavy atom. The molecule has 2 saturated heterocycles. The highest BCUT2D eigenvalue weighted by molar-refractivity contribution is 5.77. The van der Waals surface area contributed by atoms with Crippen molar-refractivity contribution in [1.82, 2.24) is 0 Å². The van der Waals surface area contributed by atoms with Gasteiger partial charge in [-0.2, -0.15) is 0 Å². The van der Waals surface area contributed by atoms with Crippen LogP contribution in [0.1, 0.15) is 91.9 Å². The van der Waals surface area contributed by atoms with Crippen LogP contribution in [-0.4, -0.2) is 117 Å². The Balaban J connectivity index is 1.15. The first-order valence-electron chi connectivity index (χ1n) is 19.1. The van der Waals surface area contributed by atoms with Gasteiger partial charge in [0.05, 0.1) is 31.3 Å². The van der Waals surface area contributed by atoms with Crippen LogP contribution in [0.25, 0.3) is 0 Å². The number of aliphatic carboxylic acids is 1. The average Bonchev–Trinajstić information content (AvgIpc) is 3.09. The smallest absolute Gasteiger partial charge is 0.310 e. The monoisotopic (exact) mass is 720 g/mol. The molecule has 0 amide bonds. The lowest BCUT2D eigenvalue weighted by atomic mass is 9.34. The van der Waals surface area contributed by atoms with Crippen molar-refractivity contribution in [3.05, 3.63) is 23.8 Å². The lowest BCUT2D eigenvalue weighted by molar-refractivity contribution is -0.358. The molecule has 17 atom stereocenters. The Bertz CT molecular complexity index is 1400. The van der Waals surface area contributed by atoms with E-state index < -0.39 is 72.1 Å². The summed E-state index contributed by atoms with van der Waals surface area (Å²) in [6, 6.07) is 0. The molecule has 0 bridgehead atoms. The summed E-state index contributed by atoms with van der Waals surface area (Å²) in [5.41, 5.74) is 0.690. The van der Waals surface area contributed by atoms with E-state index in [1.54, 1.807) is 0 Å². The molecule has 6 fully saturated rings. The van der Waals surface area contributed by atoms with Crippen molar-refractivity contribution in [3.63, 3.8) is 0 Å². The quantitative estimate of drug-likeness (QED) is 0.157. The van der Waals surface area contributed by atoms with Crippen molar-refractivity contribution < 1.29 is 59.5 Å². The third-order valence-corrected chi connectivity index (χ3v) is 16.0. The fourth-order valence-electron chi connectivity index (χ4n) is 12.7. The van der Waals surface area contributed by atoms with Crippen molar-refractivity contribution in [2.45, 2.75) is 147 Å². The van der Waals surface area contributed by atoms with Gasteiger partial charge in [-0.1, -0.05) is 51.5 Å². The molecule has 288 valence electrons. The van der Waals surface area contributed by atoms with Gasteiger partial charge in [-0.3, -0.25) is 4.79 Å². The number of aliphatic hydroxyl groups excluding tert-OH is 6. The lowest BCUT2D eigenvalue weighted by Gasteiger charge is -2.71. The second-order valence-corrected chi connectivity index (χ2v) is 18.2. The molecule has 4 saturated carbocycles. The largest absolute Gasteiger partial charge is 0.481 e. The van der Waals surface area contributed by atoms with Crippen LogP contribution in [0, 0.1) is 44.8 Å². The average molecular weight is 721 g/mol. The van der Waals surface area contributed by atoms with E-state index in [1.807, 2.05) is 0 Å². The molecule has 0 radical (unpaired) electrons. The Kier molecular flexibility index (Phi) is 9.72. The minimum Gasteiger partial charge on any atom is -0.481 e. The van der Waals surface area contributed by atoms with Crippen LogP contribution in [0.5, 0.6) is 0 Å². The topological polar surface area (TPSA) is 196 Å². The lowest BCUT2D eigenvalue weighted by Crippen LogP contribution is -2.66. The van der Waals surface area contributed by atoms with E-state index in [9.17, 15) is 40.5 Å².